The molecule has 4 N–H and O–H groups in total. The highest BCUT2D eigenvalue weighted by Gasteiger charge is 2.24. The van der Waals surface area contributed by atoms with Crippen LogP contribution in [0.5, 0.6) is 0 Å². The van der Waals surface area contributed by atoms with Gasteiger partial charge in [-0.25, -0.2) is 4.39 Å². The topological polar surface area (TPSA) is 73.4 Å². The Bertz CT molecular complexity index is 484. The van der Waals surface area contributed by atoms with Crippen molar-refractivity contribution in [1.29, 1.82) is 0 Å². The monoisotopic (exact) mass is 295 g/mol. The third kappa shape index (κ3) is 5.08. The van der Waals surface area contributed by atoms with Gasteiger partial charge in [-0.3, -0.25) is 4.79 Å². The summed E-state index contributed by atoms with van der Waals surface area (Å²) < 4.78 is 13.0. The number of nitrogens with one attached hydrogen (secondary N) is 3. The fraction of sp³-hybridized carbons (Fsp3) is 0.533. The molecule has 1 heterocycles. The maximum atomic E-state index is 13.0. The van der Waals surface area contributed by atoms with Crippen molar-refractivity contribution < 1.29 is 14.3 Å². The van der Waals surface area contributed by atoms with Gasteiger partial charge in [-0.1, -0.05) is 6.07 Å². The summed E-state index contributed by atoms with van der Waals surface area (Å²) in [6.07, 6.45) is -0.0296. The molecule has 0 saturated carbocycles. The number of aliphatic hydroxyl groups excluding tert-OH is 1. The fourth-order valence-corrected chi connectivity index (χ4v) is 2.41. The third-order valence-electron chi connectivity index (χ3n) is 3.63. The maximum absolute atomic E-state index is 13.0. The quantitative estimate of drug-likeness (QED) is 0.624. The van der Waals surface area contributed by atoms with Crippen molar-refractivity contribution in [2.75, 3.05) is 25.0 Å². The van der Waals surface area contributed by atoms with E-state index in [1.807, 2.05) is 6.92 Å². The Morgan fingerprint density at radius 3 is 3.00 bits per heavy atom. The molecule has 3 unspecified atom stereocenters. The largest absolute Gasteiger partial charge is 0.391 e. The van der Waals surface area contributed by atoms with Crippen molar-refractivity contribution >= 4 is 11.6 Å². The number of halogens is 1. The van der Waals surface area contributed by atoms with E-state index in [1.54, 1.807) is 12.1 Å². The number of aliphatic hydroxyl groups is 1. The van der Waals surface area contributed by atoms with Crippen molar-refractivity contribution in [2.24, 2.45) is 5.92 Å². The van der Waals surface area contributed by atoms with E-state index in [-0.39, 0.29) is 29.8 Å². The van der Waals surface area contributed by atoms with E-state index in [0.717, 1.165) is 6.54 Å². The van der Waals surface area contributed by atoms with Crippen LogP contribution in [0.4, 0.5) is 10.1 Å². The molecule has 1 aliphatic heterocycles. The average Bonchev–Trinajstić information content (AvgIpc) is 2.81. The predicted molar refractivity (Wildman–Crippen MR) is 79.5 cm³/mol. The van der Waals surface area contributed by atoms with Gasteiger partial charge in [0.1, 0.15) is 5.82 Å². The number of rotatable bonds is 6. The molecule has 3 atom stereocenters. The molecule has 1 aromatic carbocycles. The molecule has 0 spiro atoms. The summed E-state index contributed by atoms with van der Waals surface area (Å²) >= 11 is 0. The van der Waals surface area contributed by atoms with Crippen molar-refractivity contribution in [3.8, 4) is 0 Å². The van der Waals surface area contributed by atoms with Gasteiger partial charge in [0.2, 0.25) is 5.91 Å². The van der Waals surface area contributed by atoms with Gasteiger partial charge in [-0.15, -0.1) is 0 Å². The lowest BCUT2D eigenvalue weighted by Gasteiger charge is -2.18. The summed E-state index contributed by atoms with van der Waals surface area (Å²) in [5.74, 6) is -0.355. The lowest BCUT2D eigenvalue weighted by atomic mass is 10.1. The molecule has 1 fully saturated rings. The minimum atomic E-state index is -0.373. The molecule has 116 valence electrons. The Morgan fingerprint density at radius 2 is 2.33 bits per heavy atom. The van der Waals surface area contributed by atoms with Crippen LogP contribution >= 0.6 is 0 Å². The van der Waals surface area contributed by atoms with Gasteiger partial charge in [0.05, 0.1) is 6.10 Å². The highest BCUT2D eigenvalue weighted by molar-refractivity contribution is 5.91. The van der Waals surface area contributed by atoms with Crippen LogP contribution in [-0.4, -0.2) is 42.8 Å². The number of hydrogen-bond acceptors (Lipinski definition) is 4. The lowest BCUT2D eigenvalue weighted by molar-refractivity contribution is -0.116. The predicted octanol–water partition coefficient (Wildman–Crippen LogP) is 0.713. The molecule has 1 aromatic rings. The third-order valence-corrected chi connectivity index (χ3v) is 3.63. The average molecular weight is 295 g/mol. The van der Waals surface area contributed by atoms with E-state index in [0.29, 0.717) is 25.2 Å². The summed E-state index contributed by atoms with van der Waals surface area (Å²) in [7, 11) is 0. The van der Waals surface area contributed by atoms with Crippen molar-refractivity contribution in [2.45, 2.75) is 25.5 Å². The molecule has 6 heteroatoms. The summed E-state index contributed by atoms with van der Waals surface area (Å²) in [5, 5.41) is 18.7. The number of anilines is 1. The lowest BCUT2D eigenvalue weighted by Crippen LogP contribution is -2.37. The SMILES string of the molecule is CC(CC(=O)Nc1cccc(F)c1)NCC1CNCC1O. The smallest absolute Gasteiger partial charge is 0.225 e. The van der Waals surface area contributed by atoms with Gasteiger partial charge in [0, 0.05) is 43.7 Å². The number of carbonyl (C=O) groups is 1. The van der Waals surface area contributed by atoms with Crippen LogP contribution < -0.4 is 16.0 Å². The Balaban J connectivity index is 1.71. The second-order valence-corrected chi connectivity index (χ2v) is 5.56. The van der Waals surface area contributed by atoms with E-state index >= 15 is 0 Å². The summed E-state index contributed by atoms with van der Waals surface area (Å²) in [5.41, 5.74) is 0.461. The molecule has 0 aromatic heterocycles. The van der Waals surface area contributed by atoms with Gasteiger partial charge >= 0.3 is 0 Å². The normalized spacial score (nSPS) is 23.0. The van der Waals surface area contributed by atoms with Gasteiger partial charge in [0.25, 0.3) is 0 Å². The molecule has 1 saturated heterocycles. The number of β-amino-alcohol motifs (C(OH)–C–C–N with tert-alkyl or cyclic N) is 1. The highest BCUT2D eigenvalue weighted by Crippen LogP contribution is 2.10. The van der Waals surface area contributed by atoms with E-state index < -0.39 is 0 Å². The minimum Gasteiger partial charge on any atom is -0.391 e. The van der Waals surface area contributed by atoms with Crippen LogP contribution in [0.25, 0.3) is 0 Å². The molecular formula is C15H22FN3O2. The summed E-state index contributed by atoms with van der Waals surface area (Å²) in [4.78, 5) is 11.9. The van der Waals surface area contributed by atoms with Crippen LogP contribution in [-0.2, 0) is 4.79 Å². The zero-order valence-electron chi connectivity index (χ0n) is 12.1. The number of carbonyl (C=O) groups excluding carboxylic acids is 1. The zero-order chi connectivity index (χ0) is 15.2. The summed E-state index contributed by atoms with van der Waals surface area (Å²) in [6, 6.07) is 5.82. The Hall–Kier alpha value is -1.50. The van der Waals surface area contributed by atoms with Crippen LogP contribution in [0.15, 0.2) is 24.3 Å². The molecule has 1 amide bonds. The second kappa shape index (κ2) is 7.49. The maximum Gasteiger partial charge on any atom is 0.225 e. The molecule has 2 rings (SSSR count). The molecule has 0 aliphatic carbocycles. The van der Waals surface area contributed by atoms with E-state index in [1.165, 1.54) is 12.1 Å². The van der Waals surface area contributed by atoms with E-state index in [2.05, 4.69) is 16.0 Å². The number of amides is 1. The first kappa shape index (κ1) is 15.9. The van der Waals surface area contributed by atoms with E-state index in [4.69, 9.17) is 0 Å². The van der Waals surface area contributed by atoms with Gasteiger partial charge < -0.3 is 21.1 Å². The number of hydrogen-bond donors (Lipinski definition) is 4. The minimum absolute atomic E-state index is 0.00800. The molecule has 5 nitrogen and oxygen atoms in total. The molecular weight excluding hydrogens is 273 g/mol. The molecule has 0 bridgehead atoms. The van der Waals surface area contributed by atoms with Crippen LogP contribution in [0.3, 0.4) is 0 Å². The highest BCUT2D eigenvalue weighted by atomic mass is 19.1. The van der Waals surface area contributed by atoms with Crippen molar-refractivity contribution in [3.05, 3.63) is 30.1 Å². The standard InChI is InChI=1S/C15H22FN3O2/c1-10(18-8-11-7-17-9-14(11)20)5-15(21)19-13-4-2-3-12(16)6-13/h2-4,6,10-11,14,17-18,20H,5,7-9H2,1H3,(H,19,21). The van der Waals surface area contributed by atoms with E-state index in [9.17, 15) is 14.3 Å². The van der Waals surface area contributed by atoms with Gasteiger partial charge in [-0.2, -0.15) is 0 Å². The Kier molecular flexibility index (Phi) is 5.67. The second-order valence-electron chi connectivity index (χ2n) is 5.56. The van der Waals surface area contributed by atoms with Gasteiger partial charge in [0.15, 0.2) is 0 Å². The zero-order valence-corrected chi connectivity index (χ0v) is 12.1. The first-order valence-electron chi connectivity index (χ1n) is 7.22. The molecule has 21 heavy (non-hydrogen) atoms. The summed E-state index contributed by atoms with van der Waals surface area (Å²) in [6.45, 7) is 4.00. The molecule has 0 radical (unpaired) electrons. The fourth-order valence-electron chi connectivity index (χ4n) is 2.41. The van der Waals surface area contributed by atoms with Gasteiger partial charge in [-0.05, 0) is 25.1 Å². The Morgan fingerprint density at radius 1 is 1.52 bits per heavy atom. The molecule has 1 aliphatic rings. The van der Waals surface area contributed by atoms with Crippen LogP contribution in [0, 0.1) is 11.7 Å². The first-order valence-corrected chi connectivity index (χ1v) is 7.22. The Labute approximate surface area is 123 Å². The van der Waals surface area contributed by atoms with Crippen molar-refractivity contribution in [1.82, 2.24) is 10.6 Å². The van der Waals surface area contributed by atoms with Crippen LogP contribution in [0.1, 0.15) is 13.3 Å². The first-order chi connectivity index (χ1) is 10.0. The van der Waals surface area contributed by atoms with Crippen LogP contribution in [0.2, 0.25) is 0 Å². The van der Waals surface area contributed by atoms with Crippen molar-refractivity contribution in [3.63, 3.8) is 0 Å². The number of benzene rings is 1.